The Morgan fingerprint density at radius 1 is 1.44 bits per heavy atom. The third-order valence-electron chi connectivity index (χ3n) is 2.19. The molecule has 6 nitrogen and oxygen atoms in total. The Kier molecular flexibility index (Phi) is 4.46. The SMILES string of the molecule is COc1ccc(CC(NN)P(=O)(O)O)cc1. The first-order valence-corrected chi connectivity index (χ1v) is 6.30. The molecule has 1 unspecified atom stereocenters. The first-order valence-electron chi connectivity index (χ1n) is 4.61. The molecule has 0 aliphatic rings. The first-order chi connectivity index (χ1) is 7.47. The Bertz CT molecular complexity index is 376. The van der Waals surface area contributed by atoms with Crippen molar-refractivity contribution in [2.24, 2.45) is 5.84 Å². The van der Waals surface area contributed by atoms with Crippen LogP contribution < -0.4 is 16.0 Å². The third kappa shape index (κ3) is 3.59. The van der Waals surface area contributed by atoms with Gasteiger partial charge in [-0.3, -0.25) is 10.4 Å². The van der Waals surface area contributed by atoms with Gasteiger partial charge < -0.3 is 14.5 Å². The highest BCUT2D eigenvalue weighted by molar-refractivity contribution is 7.52. The van der Waals surface area contributed by atoms with Crippen LogP contribution in [-0.4, -0.2) is 22.7 Å². The molecule has 7 heteroatoms. The Hall–Kier alpha value is -0.910. The molecule has 1 aromatic carbocycles. The van der Waals surface area contributed by atoms with E-state index in [2.05, 4.69) is 5.43 Å². The summed E-state index contributed by atoms with van der Waals surface area (Å²) in [6.45, 7) is 0. The van der Waals surface area contributed by atoms with Crippen LogP contribution in [0.15, 0.2) is 24.3 Å². The van der Waals surface area contributed by atoms with Gasteiger partial charge in [-0.05, 0) is 17.7 Å². The zero-order valence-electron chi connectivity index (χ0n) is 8.83. The molecule has 0 saturated carbocycles. The molecule has 0 saturated heterocycles. The van der Waals surface area contributed by atoms with Crippen molar-refractivity contribution in [3.05, 3.63) is 29.8 Å². The third-order valence-corrected chi connectivity index (χ3v) is 3.33. The molecule has 90 valence electrons. The molecular weight excluding hydrogens is 231 g/mol. The molecule has 0 aliphatic carbocycles. The molecule has 0 aliphatic heterocycles. The normalized spacial score (nSPS) is 13.5. The number of ether oxygens (including phenoxy) is 1. The fraction of sp³-hybridized carbons (Fsp3) is 0.333. The van der Waals surface area contributed by atoms with Crippen LogP contribution >= 0.6 is 7.60 Å². The largest absolute Gasteiger partial charge is 0.497 e. The second kappa shape index (κ2) is 5.43. The van der Waals surface area contributed by atoms with Crippen LogP contribution in [0.2, 0.25) is 0 Å². The van der Waals surface area contributed by atoms with Gasteiger partial charge in [-0.2, -0.15) is 0 Å². The van der Waals surface area contributed by atoms with E-state index in [1.54, 1.807) is 31.4 Å². The molecular formula is C9H15N2O4P. The lowest BCUT2D eigenvalue weighted by Gasteiger charge is -2.17. The van der Waals surface area contributed by atoms with Gasteiger partial charge in [0.1, 0.15) is 11.5 Å². The monoisotopic (exact) mass is 246 g/mol. The Balaban J connectivity index is 2.75. The van der Waals surface area contributed by atoms with Crippen LogP contribution in [0.4, 0.5) is 0 Å². The standard InChI is InChI=1S/C9H15N2O4P/c1-15-8-4-2-7(3-5-8)6-9(11-10)16(12,13)14/h2-5,9,11H,6,10H2,1H3,(H2,12,13,14). The van der Waals surface area contributed by atoms with Gasteiger partial charge >= 0.3 is 7.60 Å². The van der Waals surface area contributed by atoms with E-state index in [4.69, 9.17) is 20.4 Å². The molecule has 1 rings (SSSR count). The van der Waals surface area contributed by atoms with Gasteiger partial charge in [0, 0.05) is 6.42 Å². The highest BCUT2D eigenvalue weighted by atomic mass is 31.2. The van der Waals surface area contributed by atoms with E-state index in [1.807, 2.05) is 0 Å². The van der Waals surface area contributed by atoms with E-state index in [1.165, 1.54) is 0 Å². The van der Waals surface area contributed by atoms with Crippen molar-refractivity contribution >= 4 is 7.60 Å². The molecule has 5 N–H and O–H groups in total. The van der Waals surface area contributed by atoms with Gasteiger partial charge in [-0.15, -0.1) is 0 Å². The van der Waals surface area contributed by atoms with E-state index in [0.29, 0.717) is 5.75 Å². The van der Waals surface area contributed by atoms with Crippen molar-refractivity contribution < 1.29 is 19.1 Å². The number of nitrogens with two attached hydrogens (primary N) is 1. The lowest BCUT2D eigenvalue weighted by atomic mass is 10.1. The summed E-state index contributed by atoms with van der Waals surface area (Å²) in [5.74, 6) is 4.72. The second-order valence-corrected chi connectivity index (χ2v) is 5.13. The summed E-state index contributed by atoms with van der Waals surface area (Å²) in [5, 5.41) is 0. The Labute approximate surface area is 93.6 Å². The molecule has 0 heterocycles. The molecule has 1 atom stereocenters. The van der Waals surface area contributed by atoms with Crippen LogP contribution in [0.25, 0.3) is 0 Å². The summed E-state index contributed by atoms with van der Waals surface area (Å²) in [4.78, 5) is 18.0. The summed E-state index contributed by atoms with van der Waals surface area (Å²) in [5.41, 5.74) is 2.90. The maximum atomic E-state index is 11.0. The maximum Gasteiger partial charge on any atom is 0.343 e. The Morgan fingerprint density at radius 2 is 2.00 bits per heavy atom. The van der Waals surface area contributed by atoms with Gasteiger partial charge in [0.15, 0.2) is 0 Å². The van der Waals surface area contributed by atoms with Crippen molar-refractivity contribution in [1.82, 2.24) is 5.43 Å². The molecule has 0 fully saturated rings. The fourth-order valence-electron chi connectivity index (χ4n) is 1.26. The highest BCUT2D eigenvalue weighted by Crippen LogP contribution is 2.40. The predicted octanol–water partition coefficient (Wildman–Crippen LogP) is 0.205. The average Bonchev–Trinajstić information content (AvgIpc) is 2.25. The molecule has 1 aromatic rings. The zero-order valence-corrected chi connectivity index (χ0v) is 9.72. The van der Waals surface area contributed by atoms with E-state index in [9.17, 15) is 4.57 Å². The van der Waals surface area contributed by atoms with Crippen LogP contribution in [0.1, 0.15) is 5.56 Å². The zero-order chi connectivity index (χ0) is 12.2. The summed E-state index contributed by atoms with van der Waals surface area (Å²) in [6.07, 6.45) is 0.158. The number of hydrazine groups is 1. The van der Waals surface area contributed by atoms with E-state index < -0.39 is 13.4 Å². The van der Waals surface area contributed by atoms with Gasteiger partial charge in [0.05, 0.1) is 7.11 Å². The molecule has 0 bridgehead atoms. The second-order valence-electron chi connectivity index (χ2n) is 3.32. The smallest absolute Gasteiger partial charge is 0.343 e. The minimum atomic E-state index is -4.23. The lowest BCUT2D eigenvalue weighted by molar-refractivity contribution is 0.346. The minimum Gasteiger partial charge on any atom is -0.497 e. The summed E-state index contributed by atoms with van der Waals surface area (Å²) in [6, 6.07) is 6.92. The highest BCUT2D eigenvalue weighted by Gasteiger charge is 2.27. The quantitative estimate of drug-likeness (QED) is 0.336. The van der Waals surface area contributed by atoms with Gasteiger partial charge in [0.25, 0.3) is 0 Å². The van der Waals surface area contributed by atoms with Crippen molar-refractivity contribution in [2.45, 2.75) is 12.2 Å². The van der Waals surface area contributed by atoms with Crippen LogP contribution in [-0.2, 0) is 11.0 Å². The van der Waals surface area contributed by atoms with E-state index >= 15 is 0 Å². The van der Waals surface area contributed by atoms with Crippen molar-refractivity contribution in [3.8, 4) is 5.75 Å². The number of hydrogen-bond acceptors (Lipinski definition) is 4. The van der Waals surface area contributed by atoms with Crippen molar-refractivity contribution in [3.63, 3.8) is 0 Å². The number of benzene rings is 1. The number of nitrogens with one attached hydrogen (secondary N) is 1. The van der Waals surface area contributed by atoms with Gasteiger partial charge in [-0.25, -0.2) is 5.43 Å². The molecule has 16 heavy (non-hydrogen) atoms. The lowest BCUT2D eigenvalue weighted by Crippen LogP contribution is -2.36. The van der Waals surface area contributed by atoms with Crippen LogP contribution in [0.5, 0.6) is 5.75 Å². The molecule has 0 radical (unpaired) electrons. The molecule has 0 aromatic heterocycles. The van der Waals surface area contributed by atoms with Crippen molar-refractivity contribution in [2.75, 3.05) is 7.11 Å². The van der Waals surface area contributed by atoms with Crippen molar-refractivity contribution in [1.29, 1.82) is 0 Å². The molecule has 0 spiro atoms. The number of rotatable bonds is 5. The van der Waals surface area contributed by atoms with Gasteiger partial charge in [-0.1, -0.05) is 12.1 Å². The number of hydrogen-bond donors (Lipinski definition) is 4. The summed E-state index contributed by atoms with van der Waals surface area (Å²) in [7, 11) is -2.68. The number of methoxy groups -OCH3 is 1. The molecule has 0 amide bonds. The fourth-order valence-corrected chi connectivity index (χ4v) is 1.90. The summed E-state index contributed by atoms with van der Waals surface area (Å²) >= 11 is 0. The van der Waals surface area contributed by atoms with E-state index in [-0.39, 0.29) is 6.42 Å². The average molecular weight is 246 g/mol. The maximum absolute atomic E-state index is 11.0. The first kappa shape index (κ1) is 13.2. The van der Waals surface area contributed by atoms with E-state index in [0.717, 1.165) is 5.56 Å². The Morgan fingerprint density at radius 3 is 2.38 bits per heavy atom. The van der Waals surface area contributed by atoms with Crippen LogP contribution in [0, 0.1) is 0 Å². The summed E-state index contributed by atoms with van der Waals surface area (Å²) < 4.78 is 16.0. The van der Waals surface area contributed by atoms with Gasteiger partial charge in [0.2, 0.25) is 0 Å². The topological polar surface area (TPSA) is 105 Å². The predicted molar refractivity (Wildman–Crippen MR) is 59.9 cm³/mol. The van der Waals surface area contributed by atoms with Crippen LogP contribution in [0.3, 0.4) is 0 Å². The minimum absolute atomic E-state index is 0.158.